The highest BCUT2D eigenvalue weighted by molar-refractivity contribution is 7.09. The molecule has 0 spiro atoms. The summed E-state index contributed by atoms with van der Waals surface area (Å²) >= 11 is 1.59. The van der Waals surface area contributed by atoms with Crippen LogP contribution in [0.3, 0.4) is 0 Å². The highest BCUT2D eigenvalue weighted by Gasteiger charge is 2.26. The molecule has 0 radical (unpaired) electrons. The second-order valence-electron chi connectivity index (χ2n) is 6.64. The van der Waals surface area contributed by atoms with E-state index >= 15 is 0 Å². The zero-order valence-corrected chi connectivity index (χ0v) is 15.5. The second-order valence-corrected chi connectivity index (χ2v) is 7.53. The molecule has 6 heteroatoms. The third-order valence-corrected chi connectivity index (χ3v) is 4.66. The molecule has 2 rings (SSSR count). The third kappa shape index (κ3) is 4.19. The molecule has 0 aliphatic rings. The third-order valence-electron chi connectivity index (χ3n) is 3.59. The second kappa shape index (κ2) is 7.25. The van der Waals surface area contributed by atoms with Gasteiger partial charge < -0.3 is 9.84 Å². The van der Waals surface area contributed by atoms with Crippen molar-refractivity contribution in [1.82, 2.24) is 15.5 Å². The maximum Gasteiger partial charge on any atom is 0.257 e. The Morgan fingerprint density at radius 1 is 1.30 bits per heavy atom. The standard InChI is InChI=1S/C17H25N3O2S/c1-9(2)7-13(17-18-11(5)8-23-17)19-16(21)14-12(6)20-22-15(14)10(3)4/h8-10,13H,7H2,1-6H3,(H,19,21). The molecule has 1 N–H and O–H groups in total. The Balaban J connectivity index is 2.26. The van der Waals surface area contributed by atoms with Gasteiger partial charge in [-0.3, -0.25) is 4.79 Å². The average molecular weight is 335 g/mol. The van der Waals surface area contributed by atoms with Crippen LogP contribution in [0.15, 0.2) is 9.90 Å². The first-order valence-corrected chi connectivity index (χ1v) is 8.86. The number of rotatable bonds is 6. The van der Waals surface area contributed by atoms with Gasteiger partial charge in [0.05, 0.1) is 11.7 Å². The lowest BCUT2D eigenvalue weighted by Gasteiger charge is -2.19. The smallest absolute Gasteiger partial charge is 0.257 e. The van der Waals surface area contributed by atoms with Gasteiger partial charge in [-0.25, -0.2) is 4.98 Å². The van der Waals surface area contributed by atoms with Gasteiger partial charge in [0, 0.05) is 17.0 Å². The van der Waals surface area contributed by atoms with E-state index < -0.39 is 0 Å². The van der Waals surface area contributed by atoms with E-state index in [1.165, 1.54) is 0 Å². The van der Waals surface area contributed by atoms with Gasteiger partial charge >= 0.3 is 0 Å². The number of carbonyl (C=O) groups is 1. The van der Waals surface area contributed by atoms with Crippen LogP contribution in [0, 0.1) is 19.8 Å². The summed E-state index contributed by atoms with van der Waals surface area (Å²) in [5.41, 5.74) is 2.17. The molecular formula is C17H25N3O2S. The Hall–Kier alpha value is -1.69. The van der Waals surface area contributed by atoms with Crippen molar-refractivity contribution < 1.29 is 9.32 Å². The van der Waals surface area contributed by atoms with Crippen molar-refractivity contribution in [3.05, 3.63) is 33.1 Å². The van der Waals surface area contributed by atoms with Crippen molar-refractivity contribution in [1.29, 1.82) is 0 Å². The van der Waals surface area contributed by atoms with E-state index in [0.29, 0.717) is 22.9 Å². The van der Waals surface area contributed by atoms with Gasteiger partial charge in [0.25, 0.3) is 5.91 Å². The van der Waals surface area contributed by atoms with E-state index in [1.807, 2.05) is 26.2 Å². The van der Waals surface area contributed by atoms with Gasteiger partial charge in [-0.15, -0.1) is 11.3 Å². The van der Waals surface area contributed by atoms with Crippen LogP contribution in [0.1, 0.15) is 78.6 Å². The van der Waals surface area contributed by atoms with Crippen molar-refractivity contribution in [3.63, 3.8) is 0 Å². The number of aromatic nitrogens is 2. The number of thiazole rings is 1. The molecule has 0 saturated carbocycles. The van der Waals surface area contributed by atoms with E-state index in [0.717, 1.165) is 17.1 Å². The maximum atomic E-state index is 12.8. The molecule has 2 aromatic rings. The van der Waals surface area contributed by atoms with Gasteiger partial charge in [-0.05, 0) is 26.2 Å². The van der Waals surface area contributed by atoms with Crippen LogP contribution in [0.25, 0.3) is 0 Å². The molecule has 0 saturated heterocycles. The Morgan fingerprint density at radius 2 is 2.00 bits per heavy atom. The van der Waals surface area contributed by atoms with Crippen LogP contribution >= 0.6 is 11.3 Å². The molecule has 2 aromatic heterocycles. The van der Waals surface area contributed by atoms with Crippen LogP contribution in [0.2, 0.25) is 0 Å². The number of hydrogen-bond acceptors (Lipinski definition) is 5. The molecular weight excluding hydrogens is 310 g/mol. The maximum absolute atomic E-state index is 12.8. The Kier molecular flexibility index (Phi) is 5.57. The van der Waals surface area contributed by atoms with E-state index in [4.69, 9.17) is 4.52 Å². The first-order chi connectivity index (χ1) is 10.8. The fourth-order valence-electron chi connectivity index (χ4n) is 2.51. The van der Waals surface area contributed by atoms with Crippen LogP contribution < -0.4 is 5.32 Å². The lowest BCUT2D eigenvalue weighted by molar-refractivity contribution is 0.0928. The molecule has 0 aliphatic carbocycles. The highest BCUT2D eigenvalue weighted by Crippen LogP contribution is 2.27. The minimum Gasteiger partial charge on any atom is -0.360 e. The van der Waals surface area contributed by atoms with Crippen molar-refractivity contribution in [2.75, 3.05) is 0 Å². The van der Waals surface area contributed by atoms with Crippen LogP contribution in [0.5, 0.6) is 0 Å². The number of carbonyl (C=O) groups excluding carboxylic acids is 1. The van der Waals surface area contributed by atoms with Crippen molar-refractivity contribution in [2.24, 2.45) is 5.92 Å². The summed E-state index contributed by atoms with van der Waals surface area (Å²) < 4.78 is 5.33. The van der Waals surface area contributed by atoms with Crippen molar-refractivity contribution >= 4 is 17.2 Å². The van der Waals surface area contributed by atoms with E-state index in [-0.39, 0.29) is 17.9 Å². The monoisotopic (exact) mass is 335 g/mol. The number of nitrogens with zero attached hydrogens (tertiary/aromatic N) is 2. The minimum atomic E-state index is -0.133. The quantitative estimate of drug-likeness (QED) is 0.850. The zero-order chi connectivity index (χ0) is 17.1. The summed E-state index contributed by atoms with van der Waals surface area (Å²) in [5.74, 6) is 1.07. The number of nitrogens with one attached hydrogen (secondary N) is 1. The average Bonchev–Trinajstić information content (AvgIpc) is 3.03. The van der Waals surface area contributed by atoms with Crippen molar-refractivity contribution in [2.45, 2.75) is 59.9 Å². The SMILES string of the molecule is Cc1csc(C(CC(C)C)NC(=O)c2c(C)noc2C(C)C)n1. The van der Waals surface area contributed by atoms with Crippen LogP contribution in [0.4, 0.5) is 0 Å². The molecule has 5 nitrogen and oxygen atoms in total. The Bertz CT molecular complexity index is 673. The van der Waals surface area contributed by atoms with Gasteiger partial charge in [0.15, 0.2) is 5.76 Å². The fourth-order valence-corrected chi connectivity index (χ4v) is 3.37. The summed E-state index contributed by atoms with van der Waals surface area (Å²) in [6.07, 6.45) is 0.847. The van der Waals surface area contributed by atoms with Crippen LogP contribution in [-0.2, 0) is 0 Å². The van der Waals surface area contributed by atoms with Gasteiger partial charge in [0.2, 0.25) is 0 Å². The fraction of sp³-hybridized carbons (Fsp3) is 0.588. The summed E-state index contributed by atoms with van der Waals surface area (Å²) in [6.45, 7) is 12.0. The molecule has 1 amide bonds. The summed E-state index contributed by atoms with van der Waals surface area (Å²) in [7, 11) is 0. The number of amides is 1. The molecule has 126 valence electrons. The number of hydrogen-bond donors (Lipinski definition) is 1. The van der Waals surface area contributed by atoms with Gasteiger partial charge in [-0.1, -0.05) is 32.9 Å². The molecule has 1 unspecified atom stereocenters. The summed E-state index contributed by atoms with van der Waals surface area (Å²) in [4.78, 5) is 17.3. The van der Waals surface area contributed by atoms with E-state index in [2.05, 4.69) is 29.3 Å². The molecule has 2 heterocycles. The molecule has 0 aliphatic heterocycles. The topological polar surface area (TPSA) is 68.0 Å². The molecule has 0 bridgehead atoms. The zero-order valence-electron chi connectivity index (χ0n) is 14.6. The first kappa shape index (κ1) is 17.7. The lowest BCUT2D eigenvalue weighted by atomic mass is 10.0. The van der Waals surface area contributed by atoms with Gasteiger partial charge in [-0.2, -0.15) is 0 Å². The Morgan fingerprint density at radius 3 is 2.52 bits per heavy atom. The Labute approximate surface area is 141 Å². The van der Waals surface area contributed by atoms with Crippen molar-refractivity contribution in [3.8, 4) is 0 Å². The van der Waals surface area contributed by atoms with E-state index in [1.54, 1.807) is 18.3 Å². The van der Waals surface area contributed by atoms with Gasteiger partial charge in [0.1, 0.15) is 10.6 Å². The first-order valence-electron chi connectivity index (χ1n) is 7.98. The predicted molar refractivity (Wildman–Crippen MR) is 91.8 cm³/mol. The predicted octanol–water partition coefficient (Wildman–Crippen LogP) is 4.39. The largest absolute Gasteiger partial charge is 0.360 e. The number of aryl methyl sites for hydroxylation is 2. The summed E-state index contributed by atoms with van der Waals surface area (Å²) in [5, 5.41) is 10.0. The highest BCUT2D eigenvalue weighted by atomic mass is 32.1. The summed E-state index contributed by atoms with van der Waals surface area (Å²) in [6, 6.07) is -0.0875. The lowest BCUT2D eigenvalue weighted by Crippen LogP contribution is -2.30. The molecule has 23 heavy (non-hydrogen) atoms. The van der Waals surface area contributed by atoms with E-state index in [9.17, 15) is 4.79 Å². The molecule has 0 aromatic carbocycles. The minimum absolute atomic E-state index is 0.0875. The molecule has 0 fully saturated rings. The molecule has 1 atom stereocenters. The normalized spacial score (nSPS) is 12.9. The van der Waals surface area contributed by atoms with Crippen LogP contribution in [-0.4, -0.2) is 16.0 Å².